The fourth-order valence-electron chi connectivity index (χ4n) is 1.27. The summed E-state index contributed by atoms with van der Waals surface area (Å²) in [6.45, 7) is 4.19. The fraction of sp³-hybridized carbons (Fsp3) is 0.231. The summed E-state index contributed by atoms with van der Waals surface area (Å²) in [5.41, 5.74) is 0. The Morgan fingerprint density at radius 2 is 1.85 bits per heavy atom. The van der Waals surface area contributed by atoms with Crippen LogP contribution >= 0.6 is 0 Å². The number of hydrogen-bond acceptors (Lipinski definition) is 0. The molecule has 0 heterocycles. The first kappa shape index (κ1) is 9.79. The van der Waals surface area contributed by atoms with Gasteiger partial charge in [-0.1, -0.05) is 55.5 Å². The van der Waals surface area contributed by atoms with Crippen LogP contribution in [-0.4, -0.2) is 0 Å². The Morgan fingerprint density at radius 3 is 2.46 bits per heavy atom. The zero-order chi connectivity index (χ0) is 9.52. The molecule has 0 saturated heterocycles. The average Bonchev–Trinajstić information content (AvgIpc) is 2.17. The number of hydrogen-bond donors (Lipinski definition) is 0. The lowest BCUT2D eigenvalue weighted by atomic mass is 10.2. The molecule has 0 aliphatic carbocycles. The molecule has 0 unspecified atom stereocenters. The minimum absolute atomic E-state index is 1.08. The van der Waals surface area contributed by atoms with Crippen molar-refractivity contribution in [1.29, 1.82) is 0 Å². The molecule has 0 spiro atoms. The largest absolute Gasteiger partial charge is 0.0876 e. The molecule has 0 nitrogen and oxygen atoms in total. The van der Waals surface area contributed by atoms with Crippen molar-refractivity contribution in [1.82, 2.24) is 0 Å². The van der Waals surface area contributed by atoms with E-state index in [1.807, 2.05) is 13.0 Å². The second-order valence-corrected chi connectivity index (χ2v) is 2.93. The van der Waals surface area contributed by atoms with Gasteiger partial charge in [-0.15, -0.1) is 0 Å². The van der Waals surface area contributed by atoms with Gasteiger partial charge >= 0.3 is 0 Å². The van der Waals surface area contributed by atoms with Crippen LogP contribution in [0, 0.1) is 0 Å². The molecule has 0 fully saturated rings. The monoisotopic (exact) mass is 172 g/mol. The van der Waals surface area contributed by atoms with Crippen molar-refractivity contribution in [2.75, 3.05) is 0 Å². The predicted octanol–water partition coefficient (Wildman–Crippen LogP) is 2.23. The molecule has 1 aromatic carbocycles. The third kappa shape index (κ3) is 2.90. The summed E-state index contributed by atoms with van der Waals surface area (Å²) < 4.78 is 0. The van der Waals surface area contributed by atoms with Gasteiger partial charge in [0.2, 0.25) is 0 Å². The van der Waals surface area contributed by atoms with Crippen molar-refractivity contribution in [3.8, 4) is 0 Å². The normalized spacial score (nSPS) is 14.3. The minimum atomic E-state index is 1.08. The molecule has 0 bridgehead atoms. The molecule has 0 aliphatic rings. The van der Waals surface area contributed by atoms with Crippen LogP contribution in [0.2, 0.25) is 0 Å². The smallest absolute Gasteiger partial charge is 0.0187 e. The zero-order valence-electron chi connectivity index (χ0n) is 8.33. The van der Waals surface area contributed by atoms with Gasteiger partial charge < -0.3 is 0 Å². The molecular weight excluding hydrogens is 156 g/mol. The van der Waals surface area contributed by atoms with E-state index in [4.69, 9.17) is 0 Å². The van der Waals surface area contributed by atoms with Gasteiger partial charge in [0.1, 0.15) is 0 Å². The van der Waals surface area contributed by atoms with E-state index in [0.29, 0.717) is 0 Å². The van der Waals surface area contributed by atoms with E-state index in [2.05, 4.69) is 49.4 Å². The molecule has 0 amide bonds. The molecule has 0 radical (unpaired) electrons. The van der Waals surface area contributed by atoms with Gasteiger partial charge in [-0.25, -0.2) is 0 Å². The van der Waals surface area contributed by atoms with Crippen LogP contribution < -0.4 is 10.4 Å². The summed E-state index contributed by atoms with van der Waals surface area (Å²) in [5, 5.41) is 2.62. The zero-order valence-corrected chi connectivity index (χ0v) is 8.33. The van der Waals surface area contributed by atoms with E-state index in [9.17, 15) is 0 Å². The molecule has 0 N–H and O–H groups in total. The highest BCUT2D eigenvalue weighted by molar-refractivity contribution is 5.39. The molecule has 13 heavy (non-hydrogen) atoms. The summed E-state index contributed by atoms with van der Waals surface area (Å²) >= 11 is 0. The topological polar surface area (TPSA) is 0 Å². The lowest BCUT2D eigenvalue weighted by Gasteiger charge is -1.88. The lowest BCUT2D eigenvalue weighted by molar-refractivity contribution is 1.28. The Hall–Kier alpha value is -1.30. The minimum Gasteiger partial charge on any atom is -0.0876 e. The van der Waals surface area contributed by atoms with E-state index >= 15 is 0 Å². The number of allylic oxidation sites excluding steroid dienone is 2. The fourth-order valence-corrected chi connectivity index (χ4v) is 1.27. The quantitative estimate of drug-likeness (QED) is 0.641. The Balaban J connectivity index is 3.28. The van der Waals surface area contributed by atoms with Crippen LogP contribution in [0.4, 0.5) is 0 Å². The Morgan fingerprint density at radius 1 is 1.15 bits per heavy atom. The Kier molecular flexibility index (Phi) is 4.04. The third-order valence-corrected chi connectivity index (χ3v) is 1.89. The standard InChI is InChI=1S/C13H16/c1-3-5-9-13-11-7-6-10-12(13)8-4-2/h3,5-11H,4H2,1-2H3/b5-3-,12-8-,13-9-. The SMILES string of the molecule is C\C=C/C=c1/cccc/c1=C/CC. The Labute approximate surface area is 79.9 Å². The van der Waals surface area contributed by atoms with Crippen LogP contribution in [0.1, 0.15) is 20.3 Å². The molecule has 0 heteroatoms. The van der Waals surface area contributed by atoms with Crippen molar-refractivity contribution < 1.29 is 0 Å². The summed E-state index contributed by atoms with van der Waals surface area (Å²) in [6, 6.07) is 8.44. The van der Waals surface area contributed by atoms with Gasteiger partial charge in [0, 0.05) is 0 Å². The maximum absolute atomic E-state index is 2.25. The number of rotatable bonds is 2. The van der Waals surface area contributed by atoms with Crippen molar-refractivity contribution in [2.24, 2.45) is 0 Å². The van der Waals surface area contributed by atoms with Crippen molar-refractivity contribution >= 4 is 12.2 Å². The van der Waals surface area contributed by atoms with Crippen molar-refractivity contribution in [3.05, 3.63) is 46.9 Å². The lowest BCUT2D eigenvalue weighted by Crippen LogP contribution is -2.22. The van der Waals surface area contributed by atoms with Gasteiger partial charge in [-0.3, -0.25) is 0 Å². The highest BCUT2D eigenvalue weighted by Crippen LogP contribution is 1.78. The first-order valence-corrected chi connectivity index (χ1v) is 4.76. The van der Waals surface area contributed by atoms with E-state index in [-0.39, 0.29) is 0 Å². The van der Waals surface area contributed by atoms with Crippen LogP contribution in [0.5, 0.6) is 0 Å². The van der Waals surface area contributed by atoms with Gasteiger partial charge in [-0.2, -0.15) is 0 Å². The molecule has 0 atom stereocenters. The first-order valence-electron chi connectivity index (χ1n) is 4.76. The maximum atomic E-state index is 2.25. The van der Waals surface area contributed by atoms with Crippen LogP contribution in [0.25, 0.3) is 12.2 Å². The van der Waals surface area contributed by atoms with Gasteiger partial charge in [0.05, 0.1) is 0 Å². The highest BCUT2D eigenvalue weighted by Gasteiger charge is 1.80. The summed E-state index contributed by atoms with van der Waals surface area (Å²) in [6.07, 6.45) is 9.59. The molecule has 0 aromatic heterocycles. The van der Waals surface area contributed by atoms with Gasteiger partial charge in [-0.05, 0) is 23.8 Å². The van der Waals surface area contributed by atoms with E-state index in [1.54, 1.807) is 0 Å². The summed E-state index contributed by atoms with van der Waals surface area (Å²) in [5.74, 6) is 0. The third-order valence-electron chi connectivity index (χ3n) is 1.89. The highest BCUT2D eigenvalue weighted by atomic mass is 13.9. The van der Waals surface area contributed by atoms with Crippen molar-refractivity contribution in [2.45, 2.75) is 20.3 Å². The summed E-state index contributed by atoms with van der Waals surface area (Å²) in [7, 11) is 0. The number of benzene rings is 1. The second kappa shape index (κ2) is 5.36. The van der Waals surface area contributed by atoms with E-state index < -0.39 is 0 Å². The summed E-state index contributed by atoms with van der Waals surface area (Å²) in [4.78, 5) is 0. The molecular formula is C13H16. The maximum Gasteiger partial charge on any atom is -0.0187 e. The predicted molar refractivity (Wildman–Crippen MR) is 59.7 cm³/mol. The molecule has 0 aliphatic heterocycles. The Bertz CT molecular complexity index is 383. The van der Waals surface area contributed by atoms with Crippen LogP contribution in [0.3, 0.4) is 0 Å². The second-order valence-electron chi connectivity index (χ2n) is 2.93. The molecule has 1 aromatic rings. The first-order chi connectivity index (χ1) is 6.38. The van der Waals surface area contributed by atoms with Gasteiger partial charge in [0.15, 0.2) is 0 Å². The molecule has 1 rings (SSSR count). The van der Waals surface area contributed by atoms with Crippen molar-refractivity contribution in [3.63, 3.8) is 0 Å². The van der Waals surface area contributed by atoms with E-state index in [0.717, 1.165) is 6.42 Å². The molecule has 0 saturated carbocycles. The average molecular weight is 172 g/mol. The van der Waals surface area contributed by atoms with Crippen LogP contribution in [0.15, 0.2) is 36.4 Å². The van der Waals surface area contributed by atoms with E-state index in [1.165, 1.54) is 10.4 Å². The van der Waals surface area contributed by atoms with Crippen LogP contribution in [-0.2, 0) is 0 Å². The molecule has 68 valence electrons. The van der Waals surface area contributed by atoms with Gasteiger partial charge in [0.25, 0.3) is 0 Å².